The van der Waals surface area contributed by atoms with Crippen molar-refractivity contribution in [1.82, 2.24) is 4.90 Å². The highest BCUT2D eigenvalue weighted by atomic mass is 16.5. The lowest BCUT2D eigenvalue weighted by molar-refractivity contribution is -0.122. The molecule has 1 rings (SSSR count). The van der Waals surface area contributed by atoms with Crippen LogP contribution in [0.25, 0.3) is 0 Å². The second-order valence-electron chi connectivity index (χ2n) is 4.32. The third-order valence-electron chi connectivity index (χ3n) is 3.00. The molecule has 0 spiro atoms. The van der Waals surface area contributed by atoms with E-state index in [-0.39, 0.29) is 5.41 Å². The van der Waals surface area contributed by atoms with E-state index in [1.807, 2.05) is 7.05 Å². The van der Waals surface area contributed by atoms with E-state index >= 15 is 0 Å². The average Bonchev–Trinajstić information content (AvgIpc) is 2.27. The molecule has 0 radical (unpaired) electrons. The molecule has 1 aliphatic heterocycles. The molecule has 1 fully saturated rings. The van der Waals surface area contributed by atoms with Crippen molar-refractivity contribution in [3.8, 4) is 0 Å². The lowest BCUT2D eigenvalue weighted by Crippen LogP contribution is -2.42. The number of methoxy groups -OCH3 is 1. The molecule has 0 unspecified atom stereocenters. The number of ether oxygens (including phenoxy) is 2. The van der Waals surface area contributed by atoms with Gasteiger partial charge < -0.3 is 19.2 Å². The fourth-order valence-corrected chi connectivity index (χ4v) is 1.95. The second kappa shape index (κ2) is 6.20. The van der Waals surface area contributed by atoms with Crippen LogP contribution < -0.4 is 0 Å². The molecule has 1 heterocycles. The molecule has 0 amide bonds. The quantitative estimate of drug-likeness (QED) is 0.607. The Bertz CT molecular complexity index is 190. The molecule has 0 saturated carbocycles. The fourth-order valence-electron chi connectivity index (χ4n) is 1.95. The predicted molar refractivity (Wildman–Crippen MR) is 57.9 cm³/mol. The monoisotopic (exact) mass is 215 g/mol. The first-order valence-electron chi connectivity index (χ1n) is 5.44. The summed E-state index contributed by atoms with van der Waals surface area (Å²) < 4.78 is 10.3. The maximum absolute atomic E-state index is 11.2. The molecule has 0 aromatic heterocycles. The zero-order valence-corrected chi connectivity index (χ0v) is 9.70. The van der Waals surface area contributed by atoms with Crippen molar-refractivity contribution in [3.63, 3.8) is 0 Å². The van der Waals surface area contributed by atoms with Crippen LogP contribution in [-0.4, -0.2) is 58.3 Å². The van der Waals surface area contributed by atoms with Crippen LogP contribution in [0.15, 0.2) is 0 Å². The maximum Gasteiger partial charge on any atom is 0.127 e. The predicted octanol–water partition coefficient (Wildman–Crippen LogP) is 0.560. The highest BCUT2D eigenvalue weighted by molar-refractivity contribution is 5.60. The van der Waals surface area contributed by atoms with E-state index in [9.17, 15) is 4.79 Å². The van der Waals surface area contributed by atoms with E-state index in [4.69, 9.17) is 9.47 Å². The molecule has 4 nitrogen and oxygen atoms in total. The molecule has 0 aromatic rings. The second-order valence-corrected chi connectivity index (χ2v) is 4.32. The summed E-state index contributed by atoms with van der Waals surface area (Å²) in [7, 11) is 3.72. The number of aldehydes is 1. The molecule has 0 bridgehead atoms. The minimum Gasteiger partial charge on any atom is -0.383 e. The number of carbonyl (C=O) groups is 1. The Kier molecular flexibility index (Phi) is 5.22. The van der Waals surface area contributed by atoms with Crippen LogP contribution in [0.2, 0.25) is 0 Å². The summed E-state index contributed by atoms with van der Waals surface area (Å²) in [6.45, 7) is 3.80. The summed E-state index contributed by atoms with van der Waals surface area (Å²) in [4.78, 5) is 13.3. The van der Waals surface area contributed by atoms with Gasteiger partial charge in [-0.1, -0.05) is 0 Å². The van der Waals surface area contributed by atoms with Crippen LogP contribution in [0.4, 0.5) is 0 Å². The molecule has 4 heteroatoms. The number of hydrogen-bond donors (Lipinski definition) is 0. The number of hydrogen-bond acceptors (Lipinski definition) is 4. The molecular weight excluding hydrogens is 194 g/mol. The Balaban J connectivity index is 2.40. The van der Waals surface area contributed by atoms with Gasteiger partial charge in [0.25, 0.3) is 0 Å². The van der Waals surface area contributed by atoms with Crippen LogP contribution in [0.5, 0.6) is 0 Å². The topological polar surface area (TPSA) is 38.8 Å². The lowest BCUT2D eigenvalue weighted by Gasteiger charge is -2.35. The van der Waals surface area contributed by atoms with Crippen molar-refractivity contribution in [3.05, 3.63) is 0 Å². The Morgan fingerprint density at radius 2 is 2.13 bits per heavy atom. The van der Waals surface area contributed by atoms with Crippen molar-refractivity contribution in [1.29, 1.82) is 0 Å². The number of likely N-dealkylation sites (N-methyl/N-ethyl adjacent to an activating group) is 1. The van der Waals surface area contributed by atoms with Crippen LogP contribution in [0, 0.1) is 5.41 Å². The molecule has 0 atom stereocenters. The minimum absolute atomic E-state index is 0.194. The van der Waals surface area contributed by atoms with Crippen LogP contribution in [0.1, 0.15) is 12.8 Å². The standard InChI is InChI=1S/C11H21NO3/c1-12(5-8-14-2)9-11(10-13)3-6-15-7-4-11/h10H,3-9H2,1-2H3. The molecule has 15 heavy (non-hydrogen) atoms. The zero-order chi connectivity index (χ0) is 11.1. The summed E-state index contributed by atoms with van der Waals surface area (Å²) in [6, 6.07) is 0. The van der Waals surface area contributed by atoms with Gasteiger partial charge in [0.05, 0.1) is 6.61 Å². The number of carbonyl (C=O) groups excluding carboxylic acids is 1. The first-order chi connectivity index (χ1) is 7.22. The maximum atomic E-state index is 11.2. The van der Waals surface area contributed by atoms with Gasteiger partial charge in [0.15, 0.2) is 0 Å². The molecular formula is C11H21NO3. The van der Waals surface area contributed by atoms with Crippen LogP contribution >= 0.6 is 0 Å². The normalized spacial score (nSPS) is 20.5. The third-order valence-corrected chi connectivity index (χ3v) is 3.00. The van der Waals surface area contributed by atoms with Gasteiger partial charge in [-0.2, -0.15) is 0 Å². The third kappa shape index (κ3) is 3.89. The van der Waals surface area contributed by atoms with Gasteiger partial charge in [-0.3, -0.25) is 0 Å². The smallest absolute Gasteiger partial charge is 0.127 e. The largest absolute Gasteiger partial charge is 0.383 e. The van der Waals surface area contributed by atoms with E-state index in [2.05, 4.69) is 4.90 Å². The van der Waals surface area contributed by atoms with Crippen molar-refractivity contribution >= 4 is 6.29 Å². The van der Waals surface area contributed by atoms with Crippen molar-refractivity contribution < 1.29 is 14.3 Å². The van der Waals surface area contributed by atoms with E-state index in [1.54, 1.807) is 7.11 Å². The van der Waals surface area contributed by atoms with Crippen molar-refractivity contribution in [2.24, 2.45) is 5.41 Å². The fraction of sp³-hybridized carbons (Fsp3) is 0.909. The van der Waals surface area contributed by atoms with E-state index in [0.717, 1.165) is 32.2 Å². The molecule has 1 saturated heterocycles. The Hall–Kier alpha value is -0.450. The highest BCUT2D eigenvalue weighted by Crippen LogP contribution is 2.28. The minimum atomic E-state index is -0.194. The lowest BCUT2D eigenvalue weighted by atomic mass is 9.81. The molecule has 88 valence electrons. The summed E-state index contributed by atoms with van der Waals surface area (Å²) >= 11 is 0. The first kappa shape index (κ1) is 12.6. The highest BCUT2D eigenvalue weighted by Gasteiger charge is 2.33. The summed E-state index contributed by atoms with van der Waals surface area (Å²) in [6.07, 6.45) is 2.79. The van der Waals surface area contributed by atoms with Crippen molar-refractivity contribution in [2.75, 3.05) is 47.1 Å². The number of nitrogens with zero attached hydrogens (tertiary/aromatic N) is 1. The van der Waals surface area contributed by atoms with Gasteiger partial charge in [-0.25, -0.2) is 0 Å². The van der Waals surface area contributed by atoms with E-state index in [0.29, 0.717) is 19.8 Å². The first-order valence-corrected chi connectivity index (χ1v) is 5.44. The van der Waals surface area contributed by atoms with Gasteiger partial charge in [-0.05, 0) is 19.9 Å². The Morgan fingerprint density at radius 3 is 2.67 bits per heavy atom. The molecule has 0 N–H and O–H groups in total. The molecule has 0 aromatic carbocycles. The van der Waals surface area contributed by atoms with Crippen LogP contribution in [-0.2, 0) is 14.3 Å². The van der Waals surface area contributed by atoms with Gasteiger partial charge in [0.2, 0.25) is 0 Å². The SMILES string of the molecule is COCCN(C)CC1(C=O)CCOCC1. The van der Waals surface area contributed by atoms with Gasteiger partial charge in [-0.15, -0.1) is 0 Å². The van der Waals surface area contributed by atoms with Crippen LogP contribution in [0.3, 0.4) is 0 Å². The molecule has 1 aliphatic rings. The van der Waals surface area contributed by atoms with E-state index < -0.39 is 0 Å². The van der Waals surface area contributed by atoms with Gasteiger partial charge >= 0.3 is 0 Å². The van der Waals surface area contributed by atoms with Gasteiger partial charge in [0, 0.05) is 38.8 Å². The Labute approximate surface area is 91.5 Å². The number of rotatable bonds is 6. The van der Waals surface area contributed by atoms with Gasteiger partial charge in [0.1, 0.15) is 6.29 Å². The summed E-state index contributed by atoms with van der Waals surface area (Å²) in [5.74, 6) is 0. The average molecular weight is 215 g/mol. The Morgan fingerprint density at radius 1 is 1.47 bits per heavy atom. The van der Waals surface area contributed by atoms with E-state index in [1.165, 1.54) is 0 Å². The van der Waals surface area contributed by atoms with Crippen molar-refractivity contribution in [2.45, 2.75) is 12.8 Å². The summed E-state index contributed by atoms with van der Waals surface area (Å²) in [5.41, 5.74) is -0.194. The summed E-state index contributed by atoms with van der Waals surface area (Å²) in [5, 5.41) is 0. The zero-order valence-electron chi connectivity index (χ0n) is 9.70. The molecule has 0 aliphatic carbocycles.